The van der Waals surface area contributed by atoms with Crippen LogP contribution in [0.3, 0.4) is 0 Å². The molecular formula is C13H20F2. The summed E-state index contributed by atoms with van der Waals surface area (Å²) in [6, 6.07) is 0. The Kier molecular flexibility index (Phi) is 4.06. The maximum Gasteiger partial charge on any atom is 0.251 e. The van der Waals surface area contributed by atoms with Gasteiger partial charge in [0.2, 0.25) is 0 Å². The zero-order chi connectivity index (χ0) is 11.5. The zero-order valence-electron chi connectivity index (χ0n) is 9.76. The first-order valence-electron chi connectivity index (χ1n) is 5.71. The van der Waals surface area contributed by atoms with Gasteiger partial charge in [-0.25, -0.2) is 8.78 Å². The summed E-state index contributed by atoms with van der Waals surface area (Å²) in [5.41, 5.74) is 1.22. The standard InChI is InChI=1S/C13H20F2/c1-4-5-10(2)11-6-8-12(9-7-11)13(3,14)15/h6-8,10,12H,4-5,9H2,1-3H3/t10-,12?/m1/s1. The van der Waals surface area contributed by atoms with Crippen molar-refractivity contribution in [2.24, 2.45) is 11.8 Å². The number of halogens is 2. The van der Waals surface area contributed by atoms with Crippen molar-refractivity contribution in [3.05, 3.63) is 23.8 Å². The van der Waals surface area contributed by atoms with E-state index in [9.17, 15) is 8.78 Å². The summed E-state index contributed by atoms with van der Waals surface area (Å²) in [4.78, 5) is 0. The van der Waals surface area contributed by atoms with E-state index in [4.69, 9.17) is 0 Å². The van der Waals surface area contributed by atoms with Crippen LogP contribution in [0.15, 0.2) is 23.8 Å². The van der Waals surface area contributed by atoms with Crippen molar-refractivity contribution in [2.75, 3.05) is 0 Å². The van der Waals surface area contributed by atoms with E-state index in [1.54, 1.807) is 6.08 Å². The van der Waals surface area contributed by atoms with Crippen LogP contribution in [0.2, 0.25) is 0 Å². The summed E-state index contributed by atoms with van der Waals surface area (Å²) >= 11 is 0. The fourth-order valence-corrected chi connectivity index (χ4v) is 1.98. The molecule has 1 unspecified atom stereocenters. The van der Waals surface area contributed by atoms with E-state index in [1.165, 1.54) is 5.57 Å². The van der Waals surface area contributed by atoms with Crippen molar-refractivity contribution >= 4 is 0 Å². The first-order chi connectivity index (χ1) is 6.95. The first-order valence-corrected chi connectivity index (χ1v) is 5.71. The highest BCUT2D eigenvalue weighted by molar-refractivity contribution is 5.26. The molecule has 0 heterocycles. The largest absolute Gasteiger partial charge is 0.251 e. The third kappa shape index (κ3) is 3.44. The summed E-state index contributed by atoms with van der Waals surface area (Å²) < 4.78 is 26.0. The van der Waals surface area contributed by atoms with Gasteiger partial charge in [0.05, 0.1) is 0 Å². The number of alkyl halides is 2. The fourth-order valence-electron chi connectivity index (χ4n) is 1.98. The number of rotatable bonds is 4. The van der Waals surface area contributed by atoms with Gasteiger partial charge in [-0.2, -0.15) is 0 Å². The highest BCUT2D eigenvalue weighted by atomic mass is 19.3. The normalized spacial score (nSPS) is 23.8. The summed E-state index contributed by atoms with van der Waals surface area (Å²) in [6.07, 6.45) is 8.27. The maximum absolute atomic E-state index is 13.0. The van der Waals surface area contributed by atoms with Crippen LogP contribution >= 0.6 is 0 Å². The van der Waals surface area contributed by atoms with Crippen LogP contribution in [0, 0.1) is 11.8 Å². The lowest BCUT2D eigenvalue weighted by Gasteiger charge is -2.24. The molecule has 0 aromatic heterocycles. The molecule has 1 aliphatic rings. The van der Waals surface area contributed by atoms with Crippen LogP contribution < -0.4 is 0 Å². The third-order valence-electron chi connectivity index (χ3n) is 3.07. The summed E-state index contributed by atoms with van der Waals surface area (Å²) in [7, 11) is 0. The first kappa shape index (κ1) is 12.4. The Morgan fingerprint density at radius 3 is 2.60 bits per heavy atom. The summed E-state index contributed by atoms with van der Waals surface area (Å²) in [5, 5.41) is 0. The van der Waals surface area contributed by atoms with Crippen LogP contribution in [0.1, 0.15) is 40.0 Å². The molecule has 0 saturated carbocycles. The number of allylic oxidation sites excluding steroid dienone is 4. The number of hydrogen-bond acceptors (Lipinski definition) is 0. The van der Waals surface area contributed by atoms with Crippen molar-refractivity contribution in [1.82, 2.24) is 0 Å². The average molecular weight is 214 g/mol. The molecule has 86 valence electrons. The van der Waals surface area contributed by atoms with E-state index in [0.717, 1.165) is 19.8 Å². The van der Waals surface area contributed by atoms with Gasteiger partial charge in [0, 0.05) is 5.92 Å². The van der Waals surface area contributed by atoms with Gasteiger partial charge >= 0.3 is 0 Å². The van der Waals surface area contributed by atoms with Crippen LogP contribution in [0.25, 0.3) is 0 Å². The van der Waals surface area contributed by atoms with Crippen LogP contribution in [0.4, 0.5) is 8.78 Å². The molecule has 0 N–H and O–H groups in total. The maximum atomic E-state index is 13.0. The Morgan fingerprint density at radius 2 is 2.20 bits per heavy atom. The fraction of sp³-hybridized carbons (Fsp3) is 0.692. The lowest BCUT2D eigenvalue weighted by atomic mass is 9.86. The minimum Gasteiger partial charge on any atom is -0.207 e. The molecule has 15 heavy (non-hydrogen) atoms. The Balaban J connectivity index is 2.57. The van der Waals surface area contributed by atoms with E-state index in [-0.39, 0.29) is 0 Å². The van der Waals surface area contributed by atoms with E-state index in [0.29, 0.717) is 12.3 Å². The molecule has 0 bridgehead atoms. The molecule has 0 saturated heterocycles. The molecule has 2 atom stereocenters. The second-order valence-electron chi connectivity index (χ2n) is 4.55. The molecule has 0 aromatic rings. The molecule has 0 fully saturated rings. The van der Waals surface area contributed by atoms with Crippen LogP contribution in [-0.4, -0.2) is 5.92 Å². The van der Waals surface area contributed by atoms with Crippen LogP contribution in [0.5, 0.6) is 0 Å². The molecule has 1 aliphatic carbocycles. The van der Waals surface area contributed by atoms with Crippen molar-refractivity contribution in [3.8, 4) is 0 Å². The van der Waals surface area contributed by atoms with E-state index in [1.807, 2.05) is 12.2 Å². The number of hydrogen-bond donors (Lipinski definition) is 0. The average Bonchev–Trinajstić information content (AvgIpc) is 2.17. The van der Waals surface area contributed by atoms with Gasteiger partial charge in [0.1, 0.15) is 0 Å². The lowest BCUT2D eigenvalue weighted by Crippen LogP contribution is -2.23. The molecule has 0 amide bonds. The molecule has 0 radical (unpaired) electrons. The van der Waals surface area contributed by atoms with E-state index < -0.39 is 11.8 Å². The second-order valence-corrected chi connectivity index (χ2v) is 4.55. The van der Waals surface area contributed by atoms with Gasteiger partial charge in [-0.15, -0.1) is 0 Å². The minimum absolute atomic E-state index is 0.476. The molecule has 0 nitrogen and oxygen atoms in total. The zero-order valence-corrected chi connectivity index (χ0v) is 9.76. The summed E-state index contributed by atoms with van der Waals surface area (Å²) in [5.74, 6) is -2.71. The van der Waals surface area contributed by atoms with E-state index >= 15 is 0 Å². The van der Waals surface area contributed by atoms with Gasteiger partial charge in [0.15, 0.2) is 0 Å². The predicted molar refractivity (Wildman–Crippen MR) is 60.0 cm³/mol. The lowest BCUT2D eigenvalue weighted by molar-refractivity contribution is -0.0203. The van der Waals surface area contributed by atoms with Crippen molar-refractivity contribution in [1.29, 1.82) is 0 Å². The third-order valence-corrected chi connectivity index (χ3v) is 3.07. The molecular weight excluding hydrogens is 194 g/mol. The summed E-state index contributed by atoms with van der Waals surface area (Å²) in [6.45, 7) is 5.30. The van der Waals surface area contributed by atoms with Crippen molar-refractivity contribution in [2.45, 2.75) is 46.0 Å². The predicted octanol–water partition coefficient (Wildman–Crippen LogP) is 4.58. The Morgan fingerprint density at radius 1 is 1.53 bits per heavy atom. The topological polar surface area (TPSA) is 0 Å². The Hall–Kier alpha value is -0.660. The second kappa shape index (κ2) is 4.91. The SMILES string of the molecule is CCC[C@@H](C)C1=CCC(C(C)(F)F)C=C1. The van der Waals surface area contributed by atoms with Crippen molar-refractivity contribution in [3.63, 3.8) is 0 Å². The van der Waals surface area contributed by atoms with Gasteiger partial charge < -0.3 is 0 Å². The molecule has 0 aliphatic heterocycles. The monoisotopic (exact) mass is 214 g/mol. The van der Waals surface area contributed by atoms with Gasteiger partial charge in [0.25, 0.3) is 5.92 Å². The van der Waals surface area contributed by atoms with Crippen LogP contribution in [-0.2, 0) is 0 Å². The Bertz CT molecular complexity index is 258. The van der Waals surface area contributed by atoms with Gasteiger partial charge in [-0.3, -0.25) is 0 Å². The van der Waals surface area contributed by atoms with E-state index in [2.05, 4.69) is 13.8 Å². The van der Waals surface area contributed by atoms with Crippen molar-refractivity contribution < 1.29 is 8.78 Å². The van der Waals surface area contributed by atoms with Gasteiger partial charge in [-0.05, 0) is 31.3 Å². The molecule has 0 aromatic carbocycles. The molecule has 0 spiro atoms. The molecule has 2 heteroatoms. The highest BCUT2D eigenvalue weighted by Crippen LogP contribution is 2.33. The molecule has 1 rings (SSSR count). The highest BCUT2D eigenvalue weighted by Gasteiger charge is 2.32. The Labute approximate surface area is 91.1 Å². The minimum atomic E-state index is -2.59. The smallest absolute Gasteiger partial charge is 0.207 e. The van der Waals surface area contributed by atoms with Gasteiger partial charge in [-0.1, -0.05) is 38.5 Å². The quantitative estimate of drug-likeness (QED) is 0.642.